The van der Waals surface area contributed by atoms with Crippen LogP contribution < -0.4 is 19.9 Å². The first-order valence-corrected chi connectivity index (χ1v) is 9.73. The fourth-order valence-electron chi connectivity index (χ4n) is 3.81. The van der Waals surface area contributed by atoms with Crippen molar-refractivity contribution in [2.24, 2.45) is 0 Å². The van der Waals surface area contributed by atoms with Crippen molar-refractivity contribution in [3.8, 4) is 5.75 Å². The monoisotopic (exact) mass is 369 g/mol. The van der Waals surface area contributed by atoms with Crippen LogP contribution in [0.3, 0.4) is 0 Å². The molecule has 144 valence electrons. The molecule has 0 saturated carbocycles. The number of carbonyl (C=O) groups is 1. The lowest BCUT2D eigenvalue weighted by Gasteiger charge is -2.17. The zero-order valence-corrected chi connectivity index (χ0v) is 16.3. The third-order valence-corrected chi connectivity index (χ3v) is 5.17. The van der Waals surface area contributed by atoms with Crippen LogP contribution in [0, 0.1) is 0 Å². The highest BCUT2D eigenvalue weighted by atomic mass is 16.5. The van der Waals surface area contributed by atoms with Crippen molar-refractivity contribution in [2.45, 2.75) is 25.6 Å². The van der Waals surface area contributed by atoms with Gasteiger partial charge in [0.1, 0.15) is 18.8 Å². The second-order valence-corrected chi connectivity index (χ2v) is 7.58. The summed E-state index contributed by atoms with van der Waals surface area (Å²) in [5.74, 6) is 1.00. The quantitative estimate of drug-likeness (QED) is 0.598. The van der Waals surface area contributed by atoms with Crippen molar-refractivity contribution in [2.75, 3.05) is 33.8 Å². The standard InChI is InChI=1S/C22H29N3O2/c1-24(14-19-8-10-21(27-2)11-9-19)17-22(26)23-20-12-13-25(16-20)15-18-6-4-3-5-7-18/h3-11,20H,12-17H2,1-2H3,(H,23,26)/p+2/t20-/m1/s1. The molecular formula is C22H31N3O2+2. The van der Waals surface area contributed by atoms with Gasteiger partial charge in [0.25, 0.3) is 5.91 Å². The lowest BCUT2D eigenvalue weighted by atomic mass is 10.2. The molecule has 2 aromatic rings. The Hall–Kier alpha value is -2.37. The maximum atomic E-state index is 12.4. The van der Waals surface area contributed by atoms with Crippen LogP contribution in [0.25, 0.3) is 0 Å². The molecule has 3 atom stereocenters. The second kappa shape index (κ2) is 9.53. The Labute approximate surface area is 161 Å². The summed E-state index contributed by atoms with van der Waals surface area (Å²) in [6.07, 6.45) is 1.06. The molecular weight excluding hydrogens is 338 g/mol. The number of nitrogens with one attached hydrogen (secondary N) is 3. The number of rotatable bonds is 8. The van der Waals surface area contributed by atoms with E-state index in [0.29, 0.717) is 12.6 Å². The van der Waals surface area contributed by atoms with E-state index in [9.17, 15) is 4.79 Å². The fraction of sp³-hybridized carbons (Fsp3) is 0.409. The lowest BCUT2D eigenvalue weighted by Crippen LogP contribution is -3.09. The number of hydrogen-bond donors (Lipinski definition) is 3. The highest BCUT2D eigenvalue weighted by Gasteiger charge is 2.28. The van der Waals surface area contributed by atoms with E-state index in [-0.39, 0.29) is 5.91 Å². The van der Waals surface area contributed by atoms with Gasteiger partial charge >= 0.3 is 0 Å². The minimum Gasteiger partial charge on any atom is -0.497 e. The average Bonchev–Trinajstić information content (AvgIpc) is 3.09. The molecule has 0 bridgehead atoms. The Bertz CT molecular complexity index is 718. The lowest BCUT2D eigenvalue weighted by molar-refractivity contribution is -0.901. The first kappa shape index (κ1) is 19.4. The molecule has 1 aliphatic heterocycles. The van der Waals surface area contributed by atoms with Crippen LogP contribution in [-0.4, -0.2) is 45.7 Å². The number of likely N-dealkylation sites (N-methyl/N-ethyl adjacent to an activating group) is 1. The van der Waals surface area contributed by atoms with Crippen LogP contribution in [-0.2, 0) is 17.9 Å². The summed E-state index contributed by atoms with van der Waals surface area (Å²) in [7, 11) is 3.73. The van der Waals surface area contributed by atoms with Crippen LogP contribution in [0.2, 0.25) is 0 Å². The molecule has 3 N–H and O–H groups in total. The van der Waals surface area contributed by atoms with Gasteiger partial charge in [-0.3, -0.25) is 4.79 Å². The van der Waals surface area contributed by atoms with Gasteiger partial charge in [-0.05, 0) is 24.3 Å². The van der Waals surface area contributed by atoms with Crippen molar-refractivity contribution in [3.63, 3.8) is 0 Å². The van der Waals surface area contributed by atoms with Crippen molar-refractivity contribution >= 4 is 5.91 Å². The molecule has 0 spiro atoms. The van der Waals surface area contributed by atoms with E-state index in [2.05, 4.69) is 54.8 Å². The van der Waals surface area contributed by atoms with E-state index in [1.54, 1.807) is 12.0 Å². The second-order valence-electron chi connectivity index (χ2n) is 7.58. The topological polar surface area (TPSA) is 47.2 Å². The predicted octanol–water partition coefficient (Wildman–Crippen LogP) is -0.316. The number of hydrogen-bond acceptors (Lipinski definition) is 2. The maximum absolute atomic E-state index is 12.4. The van der Waals surface area contributed by atoms with E-state index in [0.717, 1.165) is 38.3 Å². The minimum atomic E-state index is 0.145. The molecule has 2 unspecified atom stereocenters. The molecule has 1 amide bonds. The van der Waals surface area contributed by atoms with Gasteiger partial charge in [-0.15, -0.1) is 0 Å². The summed E-state index contributed by atoms with van der Waals surface area (Å²) in [6, 6.07) is 18.9. The molecule has 1 aliphatic rings. The number of carbonyl (C=O) groups excluding carboxylic acids is 1. The molecule has 0 aliphatic carbocycles. The van der Waals surface area contributed by atoms with E-state index in [4.69, 9.17) is 4.74 Å². The van der Waals surface area contributed by atoms with Gasteiger partial charge in [-0.2, -0.15) is 0 Å². The average molecular weight is 370 g/mol. The Morgan fingerprint density at radius 1 is 1.15 bits per heavy atom. The van der Waals surface area contributed by atoms with Crippen LogP contribution in [0.15, 0.2) is 54.6 Å². The van der Waals surface area contributed by atoms with Gasteiger partial charge in [0.2, 0.25) is 0 Å². The van der Waals surface area contributed by atoms with E-state index >= 15 is 0 Å². The molecule has 0 aromatic heterocycles. The maximum Gasteiger partial charge on any atom is 0.275 e. The summed E-state index contributed by atoms with van der Waals surface area (Å²) < 4.78 is 5.19. The third kappa shape index (κ3) is 6.08. The van der Waals surface area contributed by atoms with Crippen molar-refractivity contribution < 1.29 is 19.3 Å². The van der Waals surface area contributed by atoms with Gasteiger partial charge in [0.05, 0.1) is 33.3 Å². The van der Waals surface area contributed by atoms with Gasteiger partial charge < -0.3 is 19.9 Å². The molecule has 5 heteroatoms. The molecule has 3 rings (SSSR count). The van der Waals surface area contributed by atoms with Crippen molar-refractivity contribution in [1.29, 1.82) is 0 Å². The van der Waals surface area contributed by atoms with Crippen molar-refractivity contribution in [1.82, 2.24) is 5.32 Å². The summed E-state index contributed by atoms with van der Waals surface area (Å²) in [4.78, 5) is 15.1. The van der Waals surface area contributed by atoms with Crippen LogP contribution in [0.5, 0.6) is 5.75 Å². The van der Waals surface area contributed by atoms with E-state index in [1.165, 1.54) is 16.0 Å². The SMILES string of the molecule is COc1ccc(C[NH+](C)CC(=O)N[C@@H]2CC[NH+](Cc3ccccc3)C2)cc1. The summed E-state index contributed by atoms with van der Waals surface area (Å²) in [5.41, 5.74) is 2.57. The van der Waals surface area contributed by atoms with Gasteiger partial charge in [-0.1, -0.05) is 30.3 Å². The largest absolute Gasteiger partial charge is 0.497 e. The third-order valence-electron chi connectivity index (χ3n) is 5.17. The number of methoxy groups -OCH3 is 1. The zero-order valence-electron chi connectivity index (χ0n) is 16.3. The Balaban J connectivity index is 1.39. The first-order chi connectivity index (χ1) is 13.1. The molecule has 2 aromatic carbocycles. The summed E-state index contributed by atoms with van der Waals surface area (Å²) in [6.45, 7) is 4.49. The molecule has 27 heavy (non-hydrogen) atoms. The summed E-state index contributed by atoms with van der Waals surface area (Å²) in [5, 5.41) is 3.23. The van der Waals surface area contributed by atoms with E-state index in [1.807, 2.05) is 12.1 Å². The summed E-state index contributed by atoms with van der Waals surface area (Å²) >= 11 is 0. The van der Waals surface area contributed by atoms with Gasteiger partial charge in [0.15, 0.2) is 6.54 Å². The number of ether oxygens (including phenoxy) is 1. The molecule has 0 radical (unpaired) electrons. The molecule has 1 fully saturated rings. The van der Waals surface area contributed by atoms with E-state index < -0.39 is 0 Å². The Morgan fingerprint density at radius 2 is 1.89 bits per heavy atom. The normalized spacial score (nSPS) is 20.2. The zero-order chi connectivity index (χ0) is 19.1. The molecule has 1 saturated heterocycles. The number of likely N-dealkylation sites (tertiary alicyclic amines) is 1. The van der Waals surface area contributed by atoms with Crippen molar-refractivity contribution in [3.05, 3.63) is 65.7 Å². The highest BCUT2D eigenvalue weighted by molar-refractivity contribution is 5.77. The van der Waals surface area contributed by atoms with Gasteiger partial charge in [-0.25, -0.2) is 0 Å². The number of quaternary nitrogens is 2. The van der Waals surface area contributed by atoms with Crippen LogP contribution in [0.1, 0.15) is 17.5 Å². The molecule has 5 nitrogen and oxygen atoms in total. The smallest absolute Gasteiger partial charge is 0.275 e. The predicted molar refractivity (Wildman–Crippen MR) is 106 cm³/mol. The van der Waals surface area contributed by atoms with Crippen LogP contribution >= 0.6 is 0 Å². The highest BCUT2D eigenvalue weighted by Crippen LogP contribution is 2.10. The Kier molecular flexibility index (Phi) is 6.85. The fourth-order valence-corrected chi connectivity index (χ4v) is 3.81. The van der Waals surface area contributed by atoms with Crippen LogP contribution in [0.4, 0.5) is 0 Å². The first-order valence-electron chi connectivity index (χ1n) is 9.73. The van der Waals surface area contributed by atoms with Gasteiger partial charge in [0, 0.05) is 17.5 Å². The molecule has 1 heterocycles. The Morgan fingerprint density at radius 3 is 2.59 bits per heavy atom. The number of amides is 1. The minimum absolute atomic E-state index is 0.145. The number of benzene rings is 2.